The predicted molar refractivity (Wildman–Crippen MR) is 78.7 cm³/mol. The van der Waals surface area contributed by atoms with Crippen LogP contribution in [0.1, 0.15) is 9.67 Å². The normalized spacial score (nSPS) is 12.1. The van der Waals surface area contributed by atoms with Crippen LogP contribution < -0.4 is 5.32 Å². The molecule has 6 heteroatoms. The van der Waals surface area contributed by atoms with Crippen LogP contribution in [0.25, 0.3) is 0 Å². The fraction of sp³-hybridized carbons (Fsp3) is 0.0833. The summed E-state index contributed by atoms with van der Waals surface area (Å²) in [5.41, 5.74) is 0.689. The summed E-state index contributed by atoms with van der Waals surface area (Å²) in [6.07, 6.45) is 1.62. The van der Waals surface area contributed by atoms with Crippen molar-refractivity contribution < 1.29 is 9.00 Å². The number of nitrogens with one attached hydrogen (secondary N) is 1. The molecule has 1 aromatic heterocycles. The molecule has 18 heavy (non-hydrogen) atoms. The molecular weight excluding hydrogens is 334 g/mol. The first-order chi connectivity index (χ1) is 8.58. The number of benzene rings is 1. The molecule has 0 radical (unpaired) electrons. The Bertz CT molecular complexity index is 592. The summed E-state index contributed by atoms with van der Waals surface area (Å²) in [5.74, 6) is -0.151. The molecule has 0 spiro atoms. The van der Waals surface area contributed by atoms with Gasteiger partial charge < -0.3 is 5.32 Å². The lowest BCUT2D eigenvalue weighted by Crippen LogP contribution is -2.10. The molecule has 1 atom stereocenters. The average Bonchev–Trinajstić information content (AvgIpc) is 2.76. The van der Waals surface area contributed by atoms with E-state index in [4.69, 9.17) is 0 Å². The van der Waals surface area contributed by atoms with E-state index in [9.17, 15) is 9.00 Å². The lowest BCUT2D eigenvalue weighted by molar-refractivity contribution is 0.103. The molecule has 0 bridgehead atoms. The fourth-order valence-electron chi connectivity index (χ4n) is 1.37. The largest absolute Gasteiger partial charge is 0.321 e. The van der Waals surface area contributed by atoms with E-state index in [-0.39, 0.29) is 5.91 Å². The van der Waals surface area contributed by atoms with Gasteiger partial charge in [-0.15, -0.1) is 11.3 Å². The first kappa shape index (κ1) is 13.5. The van der Waals surface area contributed by atoms with Gasteiger partial charge in [0, 0.05) is 32.1 Å². The quantitative estimate of drug-likeness (QED) is 0.926. The van der Waals surface area contributed by atoms with E-state index in [1.165, 1.54) is 11.3 Å². The van der Waals surface area contributed by atoms with E-state index < -0.39 is 10.8 Å². The molecule has 1 amide bonds. The lowest BCUT2D eigenvalue weighted by atomic mass is 10.3. The SMILES string of the molecule is C[S@](=O)c1ccc(NC(=O)c2sccc2Br)cc1. The van der Waals surface area contributed by atoms with E-state index in [1.54, 1.807) is 30.5 Å². The number of anilines is 1. The molecular formula is C12H10BrNO2S2. The number of carbonyl (C=O) groups is 1. The minimum absolute atomic E-state index is 0.151. The molecule has 2 aromatic rings. The highest BCUT2D eigenvalue weighted by molar-refractivity contribution is 9.10. The van der Waals surface area contributed by atoms with Gasteiger partial charge in [-0.2, -0.15) is 0 Å². The Morgan fingerprint density at radius 2 is 1.94 bits per heavy atom. The molecule has 2 rings (SSSR count). The molecule has 1 heterocycles. The third kappa shape index (κ3) is 3.07. The van der Waals surface area contributed by atoms with E-state index in [0.29, 0.717) is 10.6 Å². The van der Waals surface area contributed by atoms with Crippen molar-refractivity contribution in [2.45, 2.75) is 4.90 Å². The molecule has 0 aliphatic heterocycles. The third-order valence-corrected chi connectivity index (χ3v) is 5.04. The summed E-state index contributed by atoms with van der Waals surface area (Å²) >= 11 is 4.70. The maximum Gasteiger partial charge on any atom is 0.266 e. The molecule has 0 saturated heterocycles. The monoisotopic (exact) mass is 343 g/mol. The van der Waals surface area contributed by atoms with Gasteiger partial charge in [0.15, 0.2) is 0 Å². The summed E-state index contributed by atoms with van der Waals surface area (Å²) in [6, 6.07) is 8.82. The van der Waals surface area contributed by atoms with Gasteiger partial charge in [0.05, 0.1) is 0 Å². The maximum absolute atomic E-state index is 11.9. The first-order valence-corrected chi connectivity index (χ1v) is 8.29. The third-order valence-electron chi connectivity index (χ3n) is 2.27. The number of rotatable bonds is 3. The van der Waals surface area contributed by atoms with Gasteiger partial charge >= 0.3 is 0 Å². The van der Waals surface area contributed by atoms with Crippen molar-refractivity contribution in [3.8, 4) is 0 Å². The number of amides is 1. The predicted octanol–water partition coefficient (Wildman–Crippen LogP) is 3.50. The van der Waals surface area contributed by atoms with Gasteiger partial charge in [0.2, 0.25) is 0 Å². The summed E-state index contributed by atoms with van der Waals surface area (Å²) < 4.78 is 12.0. The number of carbonyl (C=O) groups excluding carboxylic acids is 1. The molecule has 3 nitrogen and oxygen atoms in total. The van der Waals surface area contributed by atoms with Crippen LogP contribution in [0.2, 0.25) is 0 Å². The topological polar surface area (TPSA) is 46.2 Å². The fourth-order valence-corrected chi connectivity index (χ4v) is 3.34. The van der Waals surface area contributed by atoms with Gasteiger partial charge in [0.1, 0.15) is 4.88 Å². The van der Waals surface area contributed by atoms with Crippen molar-refractivity contribution >= 4 is 49.7 Å². The van der Waals surface area contributed by atoms with Gasteiger partial charge in [0.25, 0.3) is 5.91 Å². The van der Waals surface area contributed by atoms with Crippen molar-refractivity contribution in [3.63, 3.8) is 0 Å². The molecule has 1 N–H and O–H groups in total. The molecule has 0 fully saturated rings. The molecule has 1 aromatic carbocycles. The van der Waals surface area contributed by atoms with Gasteiger partial charge in [-0.05, 0) is 51.6 Å². The van der Waals surface area contributed by atoms with Crippen LogP contribution in [0, 0.1) is 0 Å². The Labute approximate surface area is 120 Å². The smallest absolute Gasteiger partial charge is 0.266 e. The number of halogens is 1. The van der Waals surface area contributed by atoms with Gasteiger partial charge in [-0.3, -0.25) is 9.00 Å². The van der Waals surface area contributed by atoms with Crippen molar-refractivity contribution in [1.29, 1.82) is 0 Å². The molecule has 0 aliphatic carbocycles. The summed E-state index contributed by atoms with van der Waals surface area (Å²) in [5, 5.41) is 4.64. The Morgan fingerprint density at radius 3 is 2.44 bits per heavy atom. The van der Waals surface area contributed by atoms with Crippen LogP contribution in [0.5, 0.6) is 0 Å². The average molecular weight is 344 g/mol. The highest BCUT2D eigenvalue weighted by Crippen LogP contribution is 2.23. The van der Waals surface area contributed by atoms with Gasteiger partial charge in [-0.1, -0.05) is 0 Å². The van der Waals surface area contributed by atoms with E-state index in [1.807, 2.05) is 11.4 Å². The van der Waals surface area contributed by atoms with Crippen LogP contribution in [0.3, 0.4) is 0 Å². The zero-order chi connectivity index (χ0) is 13.1. The van der Waals surface area contributed by atoms with Crippen molar-refractivity contribution in [1.82, 2.24) is 0 Å². The Balaban J connectivity index is 2.13. The standard InChI is InChI=1S/C12H10BrNO2S2/c1-18(16)9-4-2-8(3-5-9)14-12(15)11-10(13)6-7-17-11/h2-7H,1H3,(H,14,15)/t18-/m0/s1. The van der Waals surface area contributed by atoms with Crippen molar-refractivity contribution in [2.24, 2.45) is 0 Å². The molecule has 0 unspecified atom stereocenters. The zero-order valence-corrected chi connectivity index (χ0v) is 12.7. The lowest BCUT2D eigenvalue weighted by Gasteiger charge is -2.04. The summed E-state index contributed by atoms with van der Waals surface area (Å²) in [7, 11) is -1.00. The maximum atomic E-state index is 11.9. The minimum Gasteiger partial charge on any atom is -0.321 e. The van der Waals surface area contributed by atoms with Crippen LogP contribution in [0.15, 0.2) is 45.1 Å². The second-order valence-electron chi connectivity index (χ2n) is 3.53. The molecule has 94 valence electrons. The highest BCUT2D eigenvalue weighted by atomic mass is 79.9. The van der Waals surface area contributed by atoms with Crippen LogP contribution >= 0.6 is 27.3 Å². The minimum atomic E-state index is -1.00. The van der Waals surface area contributed by atoms with Crippen LogP contribution in [-0.4, -0.2) is 16.4 Å². The Kier molecular flexibility index (Phi) is 4.31. The van der Waals surface area contributed by atoms with Crippen molar-refractivity contribution in [3.05, 3.63) is 45.1 Å². The summed E-state index contributed by atoms with van der Waals surface area (Å²) in [4.78, 5) is 13.3. The number of hydrogen-bond donors (Lipinski definition) is 1. The van der Waals surface area contributed by atoms with Crippen molar-refractivity contribution in [2.75, 3.05) is 11.6 Å². The van der Waals surface area contributed by atoms with Gasteiger partial charge in [-0.25, -0.2) is 0 Å². The second kappa shape index (κ2) is 5.77. The highest BCUT2D eigenvalue weighted by Gasteiger charge is 2.11. The zero-order valence-electron chi connectivity index (χ0n) is 9.48. The van der Waals surface area contributed by atoms with Crippen LogP contribution in [-0.2, 0) is 10.8 Å². The van der Waals surface area contributed by atoms with E-state index in [2.05, 4.69) is 21.2 Å². The Hall–Kier alpha value is -0.980. The Morgan fingerprint density at radius 1 is 1.28 bits per heavy atom. The summed E-state index contributed by atoms with van der Waals surface area (Å²) in [6.45, 7) is 0. The number of thiophene rings is 1. The molecule has 0 saturated carbocycles. The van der Waals surface area contributed by atoms with E-state index >= 15 is 0 Å². The molecule has 0 aliphatic rings. The second-order valence-corrected chi connectivity index (χ2v) is 6.68. The van der Waals surface area contributed by atoms with E-state index in [0.717, 1.165) is 9.37 Å². The first-order valence-electron chi connectivity index (χ1n) is 5.06. The van der Waals surface area contributed by atoms with Crippen LogP contribution in [0.4, 0.5) is 5.69 Å². The number of hydrogen-bond acceptors (Lipinski definition) is 3.